The summed E-state index contributed by atoms with van der Waals surface area (Å²) in [5.41, 5.74) is 0.678. The second-order valence-electron chi connectivity index (χ2n) is 6.50. The standard InChI is InChI=1S/C18H20Cl2N2O5S2/c1-21(13-14-2-7-17(19)18(20)12-14)28(23,24)15-3-5-16(6-4-15)29(25,26)22-8-10-27-11-9-22/h2-7,12H,8-11,13H2,1H3. The van der Waals surface area contributed by atoms with Crippen LogP contribution in [-0.4, -0.2) is 58.8 Å². The van der Waals surface area contributed by atoms with Crippen molar-refractivity contribution in [2.24, 2.45) is 0 Å². The maximum absolute atomic E-state index is 12.8. The van der Waals surface area contributed by atoms with Crippen molar-refractivity contribution in [3.8, 4) is 0 Å². The molecule has 0 unspecified atom stereocenters. The molecule has 0 spiro atoms. The second kappa shape index (κ2) is 8.89. The van der Waals surface area contributed by atoms with Gasteiger partial charge in [-0.25, -0.2) is 16.8 Å². The van der Waals surface area contributed by atoms with Crippen molar-refractivity contribution in [2.45, 2.75) is 16.3 Å². The van der Waals surface area contributed by atoms with Gasteiger partial charge >= 0.3 is 0 Å². The van der Waals surface area contributed by atoms with Gasteiger partial charge in [0.15, 0.2) is 0 Å². The van der Waals surface area contributed by atoms with Gasteiger partial charge in [0.25, 0.3) is 0 Å². The van der Waals surface area contributed by atoms with Crippen LogP contribution < -0.4 is 0 Å². The minimum Gasteiger partial charge on any atom is -0.379 e. The number of morpholine rings is 1. The van der Waals surface area contributed by atoms with E-state index < -0.39 is 20.0 Å². The molecule has 0 N–H and O–H groups in total. The number of nitrogens with zero attached hydrogens (tertiary/aromatic N) is 2. The number of hydrogen-bond donors (Lipinski definition) is 0. The number of benzene rings is 2. The molecular formula is C18H20Cl2N2O5S2. The van der Waals surface area contributed by atoms with E-state index in [-0.39, 0.29) is 29.4 Å². The van der Waals surface area contributed by atoms with Crippen molar-refractivity contribution < 1.29 is 21.6 Å². The molecule has 0 aromatic heterocycles. The fourth-order valence-corrected chi connectivity index (χ4v) is 5.77. The predicted octanol–water partition coefficient (Wildman–Crippen LogP) is 2.84. The van der Waals surface area contributed by atoms with Crippen LogP contribution in [-0.2, 0) is 31.3 Å². The summed E-state index contributed by atoms with van der Waals surface area (Å²) in [5.74, 6) is 0. The summed E-state index contributed by atoms with van der Waals surface area (Å²) in [6.07, 6.45) is 0. The van der Waals surface area contributed by atoms with Crippen molar-refractivity contribution in [3.63, 3.8) is 0 Å². The zero-order valence-electron chi connectivity index (χ0n) is 15.6. The van der Waals surface area contributed by atoms with Crippen LogP contribution in [0.3, 0.4) is 0 Å². The lowest BCUT2D eigenvalue weighted by Gasteiger charge is -2.26. The van der Waals surface area contributed by atoms with Crippen molar-refractivity contribution in [1.29, 1.82) is 0 Å². The van der Waals surface area contributed by atoms with E-state index in [2.05, 4.69) is 0 Å². The van der Waals surface area contributed by atoms with Gasteiger partial charge in [0.05, 0.1) is 33.0 Å². The van der Waals surface area contributed by atoms with Crippen LogP contribution in [0.15, 0.2) is 52.3 Å². The van der Waals surface area contributed by atoms with Crippen LogP contribution in [0.4, 0.5) is 0 Å². The monoisotopic (exact) mass is 478 g/mol. The Morgan fingerprint density at radius 3 is 2.10 bits per heavy atom. The van der Waals surface area contributed by atoms with E-state index in [0.717, 1.165) is 4.31 Å². The molecule has 11 heteroatoms. The van der Waals surface area contributed by atoms with Crippen molar-refractivity contribution in [1.82, 2.24) is 8.61 Å². The molecule has 1 fully saturated rings. The van der Waals surface area contributed by atoms with Gasteiger partial charge in [-0.15, -0.1) is 0 Å². The summed E-state index contributed by atoms with van der Waals surface area (Å²) in [6.45, 7) is 1.31. The Morgan fingerprint density at radius 2 is 1.52 bits per heavy atom. The highest BCUT2D eigenvalue weighted by atomic mass is 35.5. The van der Waals surface area contributed by atoms with Crippen LogP contribution in [0.1, 0.15) is 5.56 Å². The smallest absolute Gasteiger partial charge is 0.243 e. The van der Waals surface area contributed by atoms with E-state index in [1.54, 1.807) is 18.2 Å². The molecule has 7 nitrogen and oxygen atoms in total. The maximum atomic E-state index is 12.8. The van der Waals surface area contributed by atoms with Gasteiger partial charge in [-0.3, -0.25) is 0 Å². The van der Waals surface area contributed by atoms with E-state index >= 15 is 0 Å². The highest BCUT2D eigenvalue weighted by Gasteiger charge is 2.27. The third-order valence-electron chi connectivity index (χ3n) is 4.53. The SMILES string of the molecule is CN(Cc1ccc(Cl)c(Cl)c1)S(=O)(=O)c1ccc(S(=O)(=O)N2CCOCC2)cc1. The van der Waals surface area contributed by atoms with Crippen molar-refractivity contribution in [2.75, 3.05) is 33.4 Å². The molecule has 1 saturated heterocycles. The van der Waals surface area contributed by atoms with Crippen LogP contribution >= 0.6 is 23.2 Å². The van der Waals surface area contributed by atoms with Gasteiger partial charge in [-0.05, 0) is 42.0 Å². The first kappa shape index (κ1) is 22.5. The number of halogens is 2. The third kappa shape index (κ3) is 4.93. The van der Waals surface area contributed by atoms with E-state index in [1.807, 2.05) is 0 Å². The lowest BCUT2D eigenvalue weighted by molar-refractivity contribution is 0.0730. The summed E-state index contributed by atoms with van der Waals surface area (Å²) >= 11 is 11.9. The number of sulfonamides is 2. The van der Waals surface area contributed by atoms with Crippen molar-refractivity contribution in [3.05, 3.63) is 58.1 Å². The Hall–Kier alpha value is -1.20. The first-order valence-corrected chi connectivity index (χ1v) is 12.3. The average Bonchev–Trinajstić information content (AvgIpc) is 2.71. The zero-order valence-corrected chi connectivity index (χ0v) is 18.7. The van der Waals surface area contributed by atoms with Gasteiger partial charge in [0.1, 0.15) is 0 Å². The largest absolute Gasteiger partial charge is 0.379 e. The third-order valence-corrected chi connectivity index (χ3v) is 9.00. The molecule has 0 amide bonds. The minimum atomic E-state index is -3.82. The fourth-order valence-electron chi connectivity index (χ4n) is 2.88. The maximum Gasteiger partial charge on any atom is 0.243 e. The first-order chi connectivity index (χ1) is 13.6. The van der Waals surface area contributed by atoms with Gasteiger partial charge in [0, 0.05) is 26.7 Å². The van der Waals surface area contributed by atoms with E-state index in [1.165, 1.54) is 35.6 Å². The number of rotatable bonds is 6. The molecule has 29 heavy (non-hydrogen) atoms. The molecule has 0 saturated carbocycles. The van der Waals surface area contributed by atoms with Crippen LogP contribution in [0.5, 0.6) is 0 Å². The Morgan fingerprint density at radius 1 is 0.931 bits per heavy atom. The molecule has 0 atom stereocenters. The molecule has 0 bridgehead atoms. The molecular weight excluding hydrogens is 459 g/mol. The van der Waals surface area contributed by atoms with E-state index in [9.17, 15) is 16.8 Å². The highest BCUT2D eigenvalue weighted by Crippen LogP contribution is 2.25. The molecule has 1 heterocycles. The Kier molecular flexibility index (Phi) is 6.89. The normalized spacial score (nSPS) is 16.3. The van der Waals surface area contributed by atoms with Gasteiger partial charge < -0.3 is 4.74 Å². The lowest BCUT2D eigenvalue weighted by Crippen LogP contribution is -2.40. The second-order valence-corrected chi connectivity index (χ2v) is 11.3. The van der Waals surface area contributed by atoms with E-state index in [4.69, 9.17) is 27.9 Å². The van der Waals surface area contributed by atoms with Gasteiger partial charge in [-0.2, -0.15) is 8.61 Å². The molecule has 0 aliphatic carbocycles. The highest BCUT2D eigenvalue weighted by molar-refractivity contribution is 7.89. The first-order valence-electron chi connectivity index (χ1n) is 8.70. The van der Waals surface area contributed by atoms with Crippen molar-refractivity contribution >= 4 is 43.2 Å². The summed E-state index contributed by atoms with van der Waals surface area (Å²) in [4.78, 5) is 0.0477. The number of hydrogen-bond acceptors (Lipinski definition) is 5. The molecule has 1 aliphatic rings. The summed E-state index contributed by atoms with van der Waals surface area (Å²) in [6, 6.07) is 10.1. The Balaban J connectivity index is 1.79. The zero-order chi connectivity index (χ0) is 21.2. The molecule has 2 aromatic rings. The van der Waals surface area contributed by atoms with Crippen LogP contribution in [0.25, 0.3) is 0 Å². The summed E-state index contributed by atoms with van der Waals surface area (Å²) < 4.78 is 58.7. The van der Waals surface area contributed by atoms with Gasteiger partial charge in [0.2, 0.25) is 20.0 Å². The molecule has 2 aromatic carbocycles. The Labute approximate surface area is 180 Å². The molecule has 0 radical (unpaired) electrons. The van der Waals surface area contributed by atoms with E-state index in [0.29, 0.717) is 28.8 Å². The molecule has 3 rings (SSSR count). The topological polar surface area (TPSA) is 84.0 Å². The van der Waals surface area contributed by atoms with Crippen LogP contribution in [0, 0.1) is 0 Å². The quantitative estimate of drug-likeness (QED) is 0.637. The Bertz CT molecular complexity index is 1080. The average molecular weight is 479 g/mol. The minimum absolute atomic E-state index is 0.000915. The molecule has 1 aliphatic heterocycles. The predicted molar refractivity (Wildman–Crippen MR) is 111 cm³/mol. The van der Waals surface area contributed by atoms with Crippen LogP contribution in [0.2, 0.25) is 10.0 Å². The fraction of sp³-hybridized carbons (Fsp3) is 0.333. The summed E-state index contributed by atoms with van der Waals surface area (Å²) in [5, 5.41) is 0.727. The summed E-state index contributed by atoms with van der Waals surface area (Å²) in [7, 11) is -6.06. The number of ether oxygens (including phenoxy) is 1. The van der Waals surface area contributed by atoms with Gasteiger partial charge in [-0.1, -0.05) is 29.3 Å². The lowest BCUT2D eigenvalue weighted by atomic mass is 10.2. The molecule has 158 valence electrons.